The van der Waals surface area contributed by atoms with Crippen LogP contribution in [0.3, 0.4) is 0 Å². The van der Waals surface area contributed by atoms with Crippen molar-refractivity contribution >= 4 is 23.5 Å². The second-order valence-electron chi connectivity index (χ2n) is 5.09. The van der Waals surface area contributed by atoms with Gasteiger partial charge in [-0.25, -0.2) is 0 Å². The van der Waals surface area contributed by atoms with Crippen LogP contribution in [-0.2, 0) is 16.0 Å². The predicted molar refractivity (Wildman–Crippen MR) is 90.4 cm³/mol. The largest absolute Gasteiger partial charge is 0.463 e. The summed E-state index contributed by atoms with van der Waals surface area (Å²) >= 11 is 5.95. The normalized spacial score (nSPS) is 11.4. The Balaban J connectivity index is 2.24. The highest BCUT2D eigenvalue weighted by atomic mass is 35.5. The smallest absolute Gasteiger partial charge is 0.307 e. The zero-order chi connectivity index (χ0) is 16.4. The Morgan fingerprint density at radius 3 is 2.68 bits per heavy atom. The van der Waals surface area contributed by atoms with Crippen molar-refractivity contribution in [2.75, 3.05) is 20.1 Å². The van der Waals surface area contributed by atoms with Gasteiger partial charge in [0.2, 0.25) is 0 Å². The van der Waals surface area contributed by atoms with Gasteiger partial charge in [-0.2, -0.15) is 0 Å². The minimum absolute atomic E-state index is 0.0809. The van der Waals surface area contributed by atoms with E-state index in [1.165, 1.54) is 0 Å². The number of hydrogen-bond acceptors (Lipinski definition) is 3. The molecule has 22 heavy (non-hydrogen) atoms. The third-order valence-corrected chi connectivity index (χ3v) is 3.04. The third kappa shape index (κ3) is 7.88. The molecule has 1 aromatic rings. The first kappa shape index (κ1) is 18.3. The fourth-order valence-corrected chi connectivity index (χ4v) is 2.06. The SMILES string of the molecule is CN=C(NCCC(=O)OC(C)C)NCCc1cccc(Cl)c1. The maximum atomic E-state index is 11.4. The van der Waals surface area contributed by atoms with Gasteiger partial charge in [-0.3, -0.25) is 9.79 Å². The molecule has 0 saturated carbocycles. The maximum absolute atomic E-state index is 11.4. The number of guanidine groups is 1. The molecule has 0 bridgehead atoms. The average Bonchev–Trinajstić information content (AvgIpc) is 2.45. The van der Waals surface area contributed by atoms with Crippen LogP contribution in [0.15, 0.2) is 29.3 Å². The van der Waals surface area contributed by atoms with Crippen molar-refractivity contribution in [3.63, 3.8) is 0 Å². The van der Waals surface area contributed by atoms with Crippen LogP contribution in [0, 0.1) is 0 Å². The van der Waals surface area contributed by atoms with Crippen molar-refractivity contribution in [2.24, 2.45) is 4.99 Å². The zero-order valence-corrected chi connectivity index (χ0v) is 14.1. The van der Waals surface area contributed by atoms with E-state index in [0.717, 1.165) is 23.6 Å². The lowest BCUT2D eigenvalue weighted by Gasteiger charge is -2.12. The number of carbonyl (C=O) groups is 1. The monoisotopic (exact) mass is 325 g/mol. The third-order valence-electron chi connectivity index (χ3n) is 2.81. The number of nitrogens with one attached hydrogen (secondary N) is 2. The molecular formula is C16H24ClN3O2. The Hall–Kier alpha value is -1.75. The lowest BCUT2D eigenvalue weighted by atomic mass is 10.1. The topological polar surface area (TPSA) is 62.7 Å². The van der Waals surface area contributed by atoms with Crippen LogP contribution >= 0.6 is 11.6 Å². The van der Waals surface area contributed by atoms with E-state index in [9.17, 15) is 4.79 Å². The van der Waals surface area contributed by atoms with Gasteiger partial charge in [0.25, 0.3) is 0 Å². The molecule has 0 fully saturated rings. The van der Waals surface area contributed by atoms with Crippen molar-refractivity contribution < 1.29 is 9.53 Å². The van der Waals surface area contributed by atoms with Crippen LogP contribution < -0.4 is 10.6 Å². The number of carbonyl (C=O) groups excluding carboxylic acids is 1. The number of ether oxygens (including phenoxy) is 1. The van der Waals surface area contributed by atoms with Gasteiger partial charge in [-0.1, -0.05) is 23.7 Å². The predicted octanol–water partition coefficient (Wildman–Crippen LogP) is 2.39. The number of benzene rings is 1. The number of aliphatic imine (C=N–C) groups is 1. The van der Waals surface area contributed by atoms with Gasteiger partial charge in [-0.05, 0) is 38.0 Å². The van der Waals surface area contributed by atoms with Gasteiger partial charge in [0.1, 0.15) is 0 Å². The van der Waals surface area contributed by atoms with E-state index in [0.29, 0.717) is 18.9 Å². The Bertz CT molecular complexity index is 504. The van der Waals surface area contributed by atoms with Crippen LogP contribution in [0.25, 0.3) is 0 Å². The maximum Gasteiger partial charge on any atom is 0.307 e. The molecule has 0 saturated heterocycles. The van der Waals surface area contributed by atoms with Crippen LogP contribution in [0.2, 0.25) is 5.02 Å². The van der Waals surface area contributed by atoms with Crippen LogP contribution in [0.1, 0.15) is 25.8 Å². The summed E-state index contributed by atoms with van der Waals surface area (Å²) in [7, 11) is 1.70. The van der Waals surface area contributed by atoms with E-state index in [4.69, 9.17) is 16.3 Å². The first-order valence-corrected chi connectivity index (χ1v) is 7.77. The molecule has 0 unspecified atom stereocenters. The highest BCUT2D eigenvalue weighted by Gasteiger charge is 2.05. The van der Waals surface area contributed by atoms with Gasteiger partial charge in [-0.15, -0.1) is 0 Å². The molecule has 0 aliphatic carbocycles. The molecular weight excluding hydrogens is 302 g/mol. The Morgan fingerprint density at radius 1 is 1.32 bits per heavy atom. The fourth-order valence-electron chi connectivity index (χ4n) is 1.84. The molecule has 0 atom stereocenters. The number of rotatable bonds is 7. The molecule has 0 radical (unpaired) electrons. The fraction of sp³-hybridized carbons (Fsp3) is 0.500. The van der Waals surface area contributed by atoms with E-state index < -0.39 is 0 Å². The molecule has 0 spiro atoms. The summed E-state index contributed by atoms with van der Waals surface area (Å²) in [6, 6.07) is 7.77. The van der Waals surface area contributed by atoms with E-state index in [1.54, 1.807) is 7.05 Å². The summed E-state index contributed by atoms with van der Waals surface area (Å²) in [4.78, 5) is 15.5. The summed E-state index contributed by atoms with van der Waals surface area (Å²) < 4.78 is 5.06. The summed E-state index contributed by atoms with van der Waals surface area (Å²) in [6.07, 6.45) is 1.08. The number of halogens is 1. The molecule has 6 heteroatoms. The molecule has 2 N–H and O–H groups in total. The quantitative estimate of drug-likeness (QED) is 0.459. The summed E-state index contributed by atoms with van der Waals surface area (Å²) in [6.45, 7) is 4.89. The Morgan fingerprint density at radius 2 is 2.05 bits per heavy atom. The van der Waals surface area contributed by atoms with Crippen LogP contribution in [0.4, 0.5) is 0 Å². The minimum Gasteiger partial charge on any atom is -0.463 e. The molecule has 1 rings (SSSR count). The van der Waals surface area contributed by atoms with Crippen LogP contribution in [0.5, 0.6) is 0 Å². The van der Waals surface area contributed by atoms with Crippen molar-refractivity contribution in [1.29, 1.82) is 0 Å². The molecule has 0 amide bonds. The lowest BCUT2D eigenvalue weighted by molar-refractivity contribution is -0.147. The number of esters is 1. The average molecular weight is 326 g/mol. The van der Waals surface area contributed by atoms with Crippen molar-refractivity contribution in [2.45, 2.75) is 32.8 Å². The molecule has 0 aliphatic heterocycles. The minimum atomic E-state index is -0.211. The summed E-state index contributed by atoms with van der Waals surface area (Å²) in [5.74, 6) is 0.455. The molecule has 122 valence electrons. The molecule has 0 aliphatic rings. The molecule has 1 aromatic carbocycles. The molecule has 0 aromatic heterocycles. The van der Waals surface area contributed by atoms with Gasteiger partial charge in [0.05, 0.1) is 12.5 Å². The Kier molecular flexibility index (Phi) is 8.36. The first-order chi connectivity index (χ1) is 10.5. The standard InChI is InChI=1S/C16H24ClN3O2/c1-12(2)22-15(21)8-10-20-16(18-3)19-9-7-13-5-4-6-14(17)11-13/h4-6,11-12H,7-10H2,1-3H3,(H2,18,19,20). The highest BCUT2D eigenvalue weighted by molar-refractivity contribution is 6.30. The number of nitrogens with zero attached hydrogens (tertiary/aromatic N) is 1. The number of hydrogen-bond donors (Lipinski definition) is 2. The molecule has 0 heterocycles. The van der Waals surface area contributed by atoms with E-state index >= 15 is 0 Å². The summed E-state index contributed by atoms with van der Waals surface area (Å²) in [5.41, 5.74) is 1.16. The Labute approximate surface area is 137 Å². The second kappa shape index (κ2) is 10.1. The van der Waals surface area contributed by atoms with Crippen molar-refractivity contribution in [3.05, 3.63) is 34.9 Å². The van der Waals surface area contributed by atoms with E-state index in [2.05, 4.69) is 15.6 Å². The lowest BCUT2D eigenvalue weighted by Crippen LogP contribution is -2.39. The first-order valence-electron chi connectivity index (χ1n) is 7.39. The molecule has 5 nitrogen and oxygen atoms in total. The van der Waals surface area contributed by atoms with E-state index in [-0.39, 0.29) is 12.1 Å². The second-order valence-corrected chi connectivity index (χ2v) is 5.53. The van der Waals surface area contributed by atoms with Gasteiger partial charge >= 0.3 is 5.97 Å². The summed E-state index contributed by atoms with van der Waals surface area (Å²) in [5, 5.41) is 7.02. The van der Waals surface area contributed by atoms with Gasteiger partial charge in [0, 0.05) is 25.2 Å². The van der Waals surface area contributed by atoms with Crippen molar-refractivity contribution in [1.82, 2.24) is 10.6 Å². The van der Waals surface area contributed by atoms with Gasteiger partial charge in [0.15, 0.2) is 5.96 Å². The zero-order valence-electron chi connectivity index (χ0n) is 13.4. The van der Waals surface area contributed by atoms with E-state index in [1.807, 2.05) is 38.1 Å². The van der Waals surface area contributed by atoms with Crippen molar-refractivity contribution in [3.8, 4) is 0 Å². The van der Waals surface area contributed by atoms with Crippen LogP contribution in [-0.4, -0.2) is 38.2 Å². The highest BCUT2D eigenvalue weighted by Crippen LogP contribution is 2.10. The van der Waals surface area contributed by atoms with Gasteiger partial charge < -0.3 is 15.4 Å².